The van der Waals surface area contributed by atoms with E-state index in [0.717, 1.165) is 0 Å². The summed E-state index contributed by atoms with van der Waals surface area (Å²) in [6.45, 7) is 2.13. The number of carbonyl (C=O) groups excluding carboxylic acids is 1. The number of aryl methyl sites for hydroxylation is 1. The van der Waals surface area contributed by atoms with Gasteiger partial charge in [0.2, 0.25) is 17.1 Å². The lowest BCUT2D eigenvalue weighted by atomic mass is 9.91. The summed E-state index contributed by atoms with van der Waals surface area (Å²) in [6.07, 6.45) is -0.112. The first-order valence-corrected chi connectivity index (χ1v) is 10.0. The number of phenols is 1. The van der Waals surface area contributed by atoms with Gasteiger partial charge in [-0.25, -0.2) is 0 Å². The van der Waals surface area contributed by atoms with Crippen molar-refractivity contribution in [1.29, 1.82) is 0 Å². The molecule has 3 rings (SSSR count). The Labute approximate surface area is 185 Å². The maximum Gasteiger partial charge on any atom is 0.227 e. The van der Waals surface area contributed by atoms with E-state index in [2.05, 4.69) is 5.32 Å². The van der Waals surface area contributed by atoms with Gasteiger partial charge in [-0.1, -0.05) is 24.3 Å². The first kappa shape index (κ1) is 22.7. The molecule has 0 radical (unpaired) electrons. The molecule has 1 heterocycles. The molecular formula is C24H25NO7. The zero-order valence-corrected chi connectivity index (χ0v) is 17.8. The van der Waals surface area contributed by atoms with E-state index in [1.54, 1.807) is 13.0 Å². The molecule has 32 heavy (non-hydrogen) atoms. The Balaban J connectivity index is 1.78. The minimum Gasteiger partial charge on any atom is -0.504 e. The number of methoxy groups -OCH3 is 1. The average molecular weight is 439 g/mol. The number of nitrogens with one attached hydrogen (secondary N) is 1. The van der Waals surface area contributed by atoms with E-state index >= 15 is 0 Å². The van der Waals surface area contributed by atoms with E-state index in [-0.39, 0.29) is 42.7 Å². The molecule has 8 nitrogen and oxygen atoms in total. The third-order valence-electron chi connectivity index (χ3n) is 4.82. The molecule has 0 bridgehead atoms. The molecule has 3 N–H and O–H groups in total. The lowest BCUT2D eigenvalue weighted by Crippen LogP contribution is -2.29. The smallest absolute Gasteiger partial charge is 0.227 e. The number of hydrogen-bond acceptors (Lipinski definition) is 7. The van der Waals surface area contributed by atoms with Crippen molar-refractivity contribution in [2.45, 2.75) is 19.3 Å². The van der Waals surface area contributed by atoms with Crippen LogP contribution in [0.3, 0.4) is 0 Å². The molecule has 3 aromatic rings. The van der Waals surface area contributed by atoms with Crippen LogP contribution in [0.4, 0.5) is 0 Å². The molecule has 0 saturated heterocycles. The molecule has 0 saturated carbocycles. The normalized spacial score (nSPS) is 11.6. The fraction of sp³-hybridized carbons (Fsp3) is 0.250. The summed E-state index contributed by atoms with van der Waals surface area (Å²) >= 11 is 0. The van der Waals surface area contributed by atoms with Gasteiger partial charge in [0.15, 0.2) is 17.3 Å². The van der Waals surface area contributed by atoms with Crippen LogP contribution in [-0.4, -0.2) is 36.4 Å². The van der Waals surface area contributed by atoms with Gasteiger partial charge in [-0.2, -0.15) is 0 Å². The highest BCUT2D eigenvalue weighted by Gasteiger charge is 2.26. The number of hydrogen-bond donors (Lipinski definition) is 3. The Hall–Kier alpha value is -3.94. The molecule has 0 spiro atoms. The lowest BCUT2D eigenvalue weighted by molar-refractivity contribution is -0.121. The summed E-state index contributed by atoms with van der Waals surface area (Å²) < 4.78 is 16.4. The largest absolute Gasteiger partial charge is 0.504 e. The van der Waals surface area contributed by atoms with Crippen molar-refractivity contribution in [2.24, 2.45) is 0 Å². The van der Waals surface area contributed by atoms with E-state index in [9.17, 15) is 19.8 Å². The van der Waals surface area contributed by atoms with Crippen molar-refractivity contribution in [2.75, 3.05) is 20.3 Å². The van der Waals surface area contributed by atoms with Crippen LogP contribution >= 0.6 is 0 Å². The molecule has 0 aliphatic heterocycles. The van der Waals surface area contributed by atoms with Crippen LogP contribution < -0.4 is 20.2 Å². The zero-order valence-electron chi connectivity index (χ0n) is 17.8. The van der Waals surface area contributed by atoms with Crippen LogP contribution in [0.5, 0.6) is 23.0 Å². The summed E-state index contributed by atoms with van der Waals surface area (Å²) in [5.41, 5.74) is -0.0736. The van der Waals surface area contributed by atoms with Crippen molar-refractivity contribution in [3.8, 4) is 23.0 Å². The number of para-hydroxylation sites is 1. The van der Waals surface area contributed by atoms with Crippen LogP contribution in [0.25, 0.3) is 0 Å². The second-order valence-electron chi connectivity index (χ2n) is 7.13. The Bertz CT molecular complexity index is 1120. The van der Waals surface area contributed by atoms with Crippen LogP contribution in [0, 0.1) is 6.92 Å². The van der Waals surface area contributed by atoms with Crippen LogP contribution in [0.2, 0.25) is 0 Å². The average Bonchev–Trinajstić information content (AvgIpc) is 2.79. The fourth-order valence-electron chi connectivity index (χ4n) is 3.27. The van der Waals surface area contributed by atoms with E-state index in [4.69, 9.17) is 13.9 Å². The third-order valence-corrected chi connectivity index (χ3v) is 4.82. The van der Waals surface area contributed by atoms with Gasteiger partial charge < -0.3 is 29.4 Å². The quantitative estimate of drug-likeness (QED) is 0.439. The topological polar surface area (TPSA) is 118 Å². The molecule has 0 aliphatic rings. The SMILES string of the molecule is COc1cc([C@H](CC(=O)NCCOc2ccccc2)c2oc(C)cc(=O)c2O)ccc1O. The second-order valence-corrected chi connectivity index (χ2v) is 7.13. The summed E-state index contributed by atoms with van der Waals surface area (Å²) in [4.78, 5) is 24.8. The number of phenolic OH excluding ortho intramolecular Hbond substituents is 1. The summed E-state index contributed by atoms with van der Waals surface area (Å²) in [5.74, 6) is -0.593. The van der Waals surface area contributed by atoms with Gasteiger partial charge in [0, 0.05) is 12.5 Å². The fourth-order valence-corrected chi connectivity index (χ4v) is 3.27. The number of rotatable bonds is 9. The van der Waals surface area contributed by atoms with E-state index in [1.807, 2.05) is 30.3 Å². The highest BCUT2D eigenvalue weighted by Crippen LogP contribution is 2.37. The third kappa shape index (κ3) is 5.60. The molecule has 1 aromatic heterocycles. The van der Waals surface area contributed by atoms with Crippen molar-refractivity contribution in [3.63, 3.8) is 0 Å². The Morgan fingerprint density at radius 3 is 2.59 bits per heavy atom. The Kier molecular flexibility index (Phi) is 7.38. The maximum atomic E-state index is 12.7. The lowest BCUT2D eigenvalue weighted by Gasteiger charge is -2.19. The highest BCUT2D eigenvalue weighted by molar-refractivity contribution is 5.77. The first-order valence-electron chi connectivity index (χ1n) is 10.0. The van der Waals surface area contributed by atoms with Crippen LogP contribution in [0.1, 0.15) is 29.4 Å². The van der Waals surface area contributed by atoms with Crippen LogP contribution in [0.15, 0.2) is 63.8 Å². The minimum atomic E-state index is -0.785. The van der Waals surface area contributed by atoms with Crippen molar-refractivity contribution in [3.05, 3.63) is 81.9 Å². The van der Waals surface area contributed by atoms with Gasteiger partial charge in [-0.3, -0.25) is 9.59 Å². The Morgan fingerprint density at radius 2 is 1.88 bits per heavy atom. The van der Waals surface area contributed by atoms with Crippen molar-refractivity contribution < 1.29 is 28.9 Å². The maximum absolute atomic E-state index is 12.7. The molecule has 8 heteroatoms. The highest BCUT2D eigenvalue weighted by atomic mass is 16.5. The van der Waals surface area contributed by atoms with Gasteiger partial charge in [-0.05, 0) is 36.8 Å². The number of carbonyl (C=O) groups is 1. The summed E-state index contributed by atoms with van der Waals surface area (Å²) in [6, 6.07) is 14.9. The van der Waals surface area contributed by atoms with Gasteiger partial charge in [0.1, 0.15) is 18.1 Å². The van der Waals surface area contributed by atoms with Gasteiger partial charge in [-0.15, -0.1) is 0 Å². The number of benzene rings is 2. The second kappa shape index (κ2) is 10.4. The summed E-state index contributed by atoms with van der Waals surface area (Å²) in [5, 5.41) is 23.0. The van der Waals surface area contributed by atoms with Gasteiger partial charge in [0.25, 0.3) is 0 Å². The number of aromatic hydroxyl groups is 2. The zero-order chi connectivity index (χ0) is 23.1. The van der Waals surface area contributed by atoms with Gasteiger partial charge >= 0.3 is 0 Å². The predicted octanol–water partition coefficient (Wildman–Crippen LogP) is 3.09. The molecule has 0 unspecified atom stereocenters. The Morgan fingerprint density at radius 1 is 1.12 bits per heavy atom. The standard InChI is InChI=1S/C24H25NO7/c1-15-12-20(27)23(29)24(32-15)18(16-8-9-19(26)21(13-16)30-2)14-22(28)25-10-11-31-17-6-4-3-5-7-17/h3-9,12-13,18,26,29H,10-11,14H2,1-2H3,(H,25,28)/t18-/m0/s1. The number of amides is 1. The van der Waals surface area contributed by atoms with Crippen molar-refractivity contribution in [1.82, 2.24) is 5.32 Å². The molecule has 0 fully saturated rings. The number of ether oxygens (including phenoxy) is 2. The van der Waals surface area contributed by atoms with E-state index in [0.29, 0.717) is 17.1 Å². The van der Waals surface area contributed by atoms with Crippen molar-refractivity contribution >= 4 is 5.91 Å². The van der Waals surface area contributed by atoms with E-state index in [1.165, 1.54) is 25.3 Å². The van der Waals surface area contributed by atoms with Gasteiger partial charge in [0.05, 0.1) is 19.6 Å². The molecule has 1 amide bonds. The summed E-state index contributed by atoms with van der Waals surface area (Å²) in [7, 11) is 1.40. The minimum absolute atomic E-state index is 0.0292. The monoisotopic (exact) mass is 439 g/mol. The molecule has 1 atom stereocenters. The molecule has 168 valence electrons. The van der Waals surface area contributed by atoms with Crippen LogP contribution in [-0.2, 0) is 4.79 Å². The van der Waals surface area contributed by atoms with E-state index < -0.39 is 17.1 Å². The molecular weight excluding hydrogens is 414 g/mol. The molecule has 2 aromatic carbocycles. The predicted molar refractivity (Wildman–Crippen MR) is 117 cm³/mol. The first-order chi connectivity index (χ1) is 15.4. The molecule has 0 aliphatic carbocycles.